The van der Waals surface area contributed by atoms with Crippen LogP contribution in [0.15, 0.2) is 46.0 Å². The van der Waals surface area contributed by atoms with Crippen molar-refractivity contribution in [1.82, 2.24) is 20.5 Å². The van der Waals surface area contributed by atoms with Crippen LogP contribution in [0, 0.1) is 5.82 Å². The van der Waals surface area contributed by atoms with Crippen molar-refractivity contribution < 1.29 is 23.5 Å². The van der Waals surface area contributed by atoms with Crippen LogP contribution in [-0.4, -0.2) is 72.6 Å². The Bertz CT molecular complexity index is 1240. The van der Waals surface area contributed by atoms with E-state index >= 15 is 0 Å². The molecule has 2 bridgehead atoms. The lowest BCUT2D eigenvalue weighted by Crippen LogP contribution is -2.61. The van der Waals surface area contributed by atoms with Crippen molar-refractivity contribution in [3.63, 3.8) is 0 Å². The molecule has 2 fully saturated rings. The molecule has 1 aromatic heterocycles. The van der Waals surface area contributed by atoms with Crippen LogP contribution in [0.2, 0.25) is 5.02 Å². The zero-order valence-electron chi connectivity index (χ0n) is 20.4. The highest BCUT2D eigenvalue weighted by Gasteiger charge is 2.42. The first-order chi connectivity index (χ1) is 17.8. The van der Waals surface area contributed by atoms with E-state index in [0.29, 0.717) is 47.4 Å². The van der Waals surface area contributed by atoms with E-state index in [-0.39, 0.29) is 29.1 Å². The van der Waals surface area contributed by atoms with Gasteiger partial charge >= 0.3 is 5.97 Å². The fraction of sp³-hybridized carbons (Fsp3) is 0.440. The maximum atomic E-state index is 13.9. The smallest absolute Gasteiger partial charge is 0.338 e. The first kappa shape index (κ1) is 25.8. The molecule has 37 heavy (non-hydrogen) atoms. The molecule has 9 nitrogen and oxygen atoms in total. The van der Waals surface area contributed by atoms with Crippen LogP contribution in [0.1, 0.15) is 36.4 Å². The van der Waals surface area contributed by atoms with Gasteiger partial charge in [0.1, 0.15) is 11.9 Å². The normalized spacial score (nSPS) is 25.8. The maximum Gasteiger partial charge on any atom is 0.338 e. The van der Waals surface area contributed by atoms with Crippen molar-refractivity contribution in [1.29, 1.82) is 0 Å². The van der Waals surface area contributed by atoms with Crippen LogP contribution in [0.5, 0.6) is 0 Å². The van der Waals surface area contributed by atoms with Crippen LogP contribution in [0.4, 0.5) is 4.39 Å². The number of piperidine rings is 1. The number of rotatable bonds is 6. The van der Waals surface area contributed by atoms with Crippen LogP contribution < -0.4 is 10.6 Å². The number of benzene rings is 1. The second-order valence-electron chi connectivity index (χ2n) is 9.28. The highest BCUT2D eigenvalue weighted by atomic mass is 35.5. The Morgan fingerprint density at radius 2 is 2.08 bits per heavy atom. The number of amides is 1. The van der Waals surface area contributed by atoms with E-state index in [2.05, 4.69) is 20.5 Å². The lowest BCUT2D eigenvalue weighted by Gasteiger charge is -2.49. The van der Waals surface area contributed by atoms with Gasteiger partial charge in [-0.15, -0.1) is 11.3 Å². The van der Waals surface area contributed by atoms with E-state index in [1.165, 1.54) is 37.5 Å². The first-order valence-electron chi connectivity index (χ1n) is 12.0. The molecule has 0 spiro atoms. The largest absolute Gasteiger partial charge is 0.466 e. The highest BCUT2D eigenvalue weighted by molar-refractivity contribution is 7.11. The number of hydrogen-bond donors (Lipinski definition) is 2. The second-order valence-corrected chi connectivity index (χ2v) is 10.6. The summed E-state index contributed by atoms with van der Waals surface area (Å²) in [6.45, 7) is 2.97. The van der Waals surface area contributed by atoms with Crippen molar-refractivity contribution in [3.8, 4) is 0 Å². The summed E-state index contributed by atoms with van der Waals surface area (Å²) in [5, 5.41) is 9.03. The van der Waals surface area contributed by atoms with Crippen LogP contribution >= 0.6 is 22.9 Å². The number of aliphatic imine (C=N–C) groups is 1. The number of carbonyl (C=O) groups excluding carboxylic acids is 2. The fourth-order valence-electron chi connectivity index (χ4n) is 5.30. The molecule has 2 N–H and O–H groups in total. The highest BCUT2D eigenvalue weighted by Crippen LogP contribution is 2.38. The van der Waals surface area contributed by atoms with E-state index in [1.807, 2.05) is 5.38 Å². The minimum Gasteiger partial charge on any atom is -0.466 e. The third-order valence-electron chi connectivity index (χ3n) is 6.84. The predicted octanol–water partition coefficient (Wildman–Crippen LogP) is 2.82. The quantitative estimate of drug-likeness (QED) is 0.536. The summed E-state index contributed by atoms with van der Waals surface area (Å²) in [4.78, 5) is 36.3. The Morgan fingerprint density at radius 1 is 1.32 bits per heavy atom. The number of halogens is 2. The van der Waals surface area contributed by atoms with E-state index in [0.717, 1.165) is 12.8 Å². The Kier molecular flexibility index (Phi) is 7.57. The molecule has 5 rings (SSSR count). The summed E-state index contributed by atoms with van der Waals surface area (Å²) < 4.78 is 24.9. The van der Waals surface area contributed by atoms with Crippen LogP contribution in [-0.2, 0) is 19.1 Å². The average molecular weight is 548 g/mol. The number of nitrogens with one attached hydrogen (secondary N) is 2. The number of nitrogens with zero attached hydrogens (tertiary/aromatic N) is 3. The molecule has 3 aliphatic heterocycles. The van der Waals surface area contributed by atoms with Crippen LogP contribution in [0.3, 0.4) is 0 Å². The molecule has 4 heterocycles. The number of fused-ring (bicyclic) bond motifs is 2. The Labute approximate surface area is 222 Å². The zero-order valence-corrected chi connectivity index (χ0v) is 21.9. The van der Waals surface area contributed by atoms with Crippen molar-refractivity contribution in [2.45, 2.75) is 43.9 Å². The van der Waals surface area contributed by atoms with Crippen molar-refractivity contribution in [2.75, 3.05) is 26.9 Å². The number of aromatic nitrogens is 1. The zero-order chi connectivity index (χ0) is 26.1. The van der Waals surface area contributed by atoms with Gasteiger partial charge in [-0.1, -0.05) is 17.7 Å². The van der Waals surface area contributed by atoms with Gasteiger partial charge < -0.3 is 20.1 Å². The third kappa shape index (κ3) is 5.40. The second kappa shape index (κ2) is 10.9. The number of carbonyl (C=O) groups is 2. The average Bonchev–Trinajstić information content (AvgIpc) is 3.38. The molecule has 3 aliphatic rings. The summed E-state index contributed by atoms with van der Waals surface area (Å²) in [6, 6.07) is 3.40. The van der Waals surface area contributed by atoms with Gasteiger partial charge in [0, 0.05) is 59.5 Å². The number of hydrogen-bond acceptors (Lipinski definition) is 9. The van der Waals surface area contributed by atoms with Crippen molar-refractivity contribution in [2.24, 2.45) is 4.99 Å². The van der Waals surface area contributed by atoms with Gasteiger partial charge in [-0.2, -0.15) is 0 Å². The molecule has 1 amide bonds. The number of amidine groups is 1. The SMILES string of the molecule is COC(=O)C1=C(CN2C3COCC2CC(NC(C)=O)C3)NC(c2nccs2)=NC1c1ccc(F)cc1Cl. The standard InChI is InChI=1S/C25H27ClFN5O4S/c1-13(33)29-15-8-16-11-36-12-17(9-15)32(16)10-20-21(25(34)35-2)22(18-4-3-14(27)7-19(18)26)31-23(30-20)24-28-5-6-37-24/h3-7,15-17,22H,8-12H2,1-2H3,(H,29,33)(H,30,31). The summed E-state index contributed by atoms with van der Waals surface area (Å²) in [7, 11) is 1.32. The summed E-state index contributed by atoms with van der Waals surface area (Å²) >= 11 is 7.85. The molecule has 196 valence electrons. The third-order valence-corrected chi connectivity index (χ3v) is 7.95. The summed E-state index contributed by atoms with van der Waals surface area (Å²) in [5.74, 6) is -0.585. The molecule has 0 aliphatic carbocycles. The van der Waals surface area contributed by atoms with Gasteiger partial charge in [0.15, 0.2) is 10.8 Å². The topological polar surface area (TPSA) is 105 Å². The summed E-state index contributed by atoms with van der Waals surface area (Å²) in [5.41, 5.74) is 1.41. The van der Waals surface area contributed by atoms with Gasteiger partial charge in [0.25, 0.3) is 0 Å². The molecular formula is C25H27ClFN5O4S. The molecule has 12 heteroatoms. The summed E-state index contributed by atoms with van der Waals surface area (Å²) in [6.07, 6.45) is 3.15. The maximum absolute atomic E-state index is 13.9. The van der Waals surface area contributed by atoms with Crippen LogP contribution in [0.25, 0.3) is 0 Å². The van der Waals surface area contributed by atoms with Gasteiger partial charge in [-0.3, -0.25) is 14.7 Å². The van der Waals surface area contributed by atoms with Gasteiger partial charge in [-0.25, -0.2) is 14.2 Å². The van der Waals surface area contributed by atoms with E-state index < -0.39 is 17.8 Å². The van der Waals surface area contributed by atoms with Crippen molar-refractivity contribution >= 4 is 40.6 Å². The van der Waals surface area contributed by atoms with Crippen molar-refractivity contribution in [3.05, 3.63) is 62.5 Å². The Hall–Kier alpha value is -2.86. The molecule has 2 saturated heterocycles. The number of thiazole rings is 1. The molecule has 0 saturated carbocycles. The number of morpholine rings is 1. The number of ether oxygens (including phenoxy) is 2. The number of esters is 1. The van der Waals surface area contributed by atoms with E-state index in [9.17, 15) is 14.0 Å². The minimum absolute atomic E-state index is 0.0487. The van der Waals surface area contributed by atoms with E-state index in [4.69, 9.17) is 26.1 Å². The molecule has 3 atom stereocenters. The molecular weight excluding hydrogens is 521 g/mol. The molecule has 0 radical (unpaired) electrons. The molecule has 1 aromatic carbocycles. The lowest BCUT2D eigenvalue weighted by molar-refractivity contribution is -0.136. The lowest BCUT2D eigenvalue weighted by atomic mass is 9.88. The first-order valence-corrected chi connectivity index (χ1v) is 13.2. The predicted molar refractivity (Wildman–Crippen MR) is 137 cm³/mol. The monoisotopic (exact) mass is 547 g/mol. The molecule has 3 unspecified atom stereocenters. The van der Waals surface area contributed by atoms with Gasteiger partial charge in [0.2, 0.25) is 5.91 Å². The van der Waals surface area contributed by atoms with E-state index in [1.54, 1.807) is 12.3 Å². The van der Waals surface area contributed by atoms with Gasteiger partial charge in [-0.05, 0) is 25.0 Å². The Balaban J connectivity index is 1.55. The Morgan fingerprint density at radius 3 is 2.70 bits per heavy atom. The molecule has 2 aromatic rings. The minimum atomic E-state index is -0.816. The number of methoxy groups -OCH3 is 1. The fourth-order valence-corrected chi connectivity index (χ4v) is 6.16. The van der Waals surface area contributed by atoms with Gasteiger partial charge in [0.05, 0.1) is 25.9 Å².